The van der Waals surface area contributed by atoms with Crippen LogP contribution in [0.3, 0.4) is 0 Å². The van der Waals surface area contributed by atoms with Gasteiger partial charge in [-0.05, 0) is 24.6 Å². The van der Waals surface area contributed by atoms with Gasteiger partial charge in [-0.15, -0.1) is 11.3 Å². The molecule has 0 aliphatic carbocycles. The van der Waals surface area contributed by atoms with Gasteiger partial charge in [-0.3, -0.25) is 9.59 Å². The van der Waals surface area contributed by atoms with Gasteiger partial charge < -0.3 is 4.74 Å². The summed E-state index contributed by atoms with van der Waals surface area (Å²) in [7, 11) is 0. The summed E-state index contributed by atoms with van der Waals surface area (Å²) >= 11 is 1.37. The Kier molecular flexibility index (Phi) is 3.77. The fourth-order valence-corrected chi connectivity index (χ4v) is 2.69. The summed E-state index contributed by atoms with van der Waals surface area (Å²) < 4.78 is 4.98. The van der Waals surface area contributed by atoms with Crippen LogP contribution in [-0.4, -0.2) is 17.9 Å². The summed E-state index contributed by atoms with van der Waals surface area (Å²) in [6, 6.07) is 7.66. The van der Waals surface area contributed by atoms with Crippen LogP contribution < -0.4 is 0 Å². The number of hydrogen-bond donors (Lipinski definition) is 0. The van der Waals surface area contributed by atoms with Gasteiger partial charge in [-0.2, -0.15) is 0 Å². The number of thiophene rings is 1. The highest BCUT2D eigenvalue weighted by Crippen LogP contribution is 2.26. The molecule has 0 bridgehead atoms. The van der Waals surface area contributed by atoms with Crippen LogP contribution in [0, 0.1) is 0 Å². The summed E-state index contributed by atoms with van der Waals surface area (Å²) in [6.45, 7) is 3.53. The molecule has 0 N–H and O–H groups in total. The van der Waals surface area contributed by atoms with Gasteiger partial charge in [0.2, 0.25) is 0 Å². The molecular formula is C14H14O3S. The maximum absolute atomic E-state index is 12.0. The fraction of sp³-hybridized carbons (Fsp3) is 0.286. The minimum Gasteiger partial charge on any atom is -0.463 e. The molecule has 1 aromatic carbocycles. The Morgan fingerprint density at radius 3 is 2.72 bits per heavy atom. The third-order valence-electron chi connectivity index (χ3n) is 2.43. The van der Waals surface area contributed by atoms with Gasteiger partial charge in [0, 0.05) is 5.39 Å². The summed E-state index contributed by atoms with van der Waals surface area (Å²) in [4.78, 5) is 24.1. The average Bonchev–Trinajstić information content (AvgIpc) is 2.71. The van der Waals surface area contributed by atoms with Crippen molar-refractivity contribution in [3.8, 4) is 0 Å². The van der Waals surface area contributed by atoms with Gasteiger partial charge in [0.25, 0.3) is 0 Å². The molecule has 0 saturated carbocycles. The normalized spacial score (nSPS) is 10.8. The molecule has 18 heavy (non-hydrogen) atoms. The largest absolute Gasteiger partial charge is 0.463 e. The van der Waals surface area contributed by atoms with Crippen LogP contribution in [0.1, 0.15) is 29.9 Å². The molecule has 0 unspecified atom stereocenters. The molecule has 2 aromatic rings. The topological polar surface area (TPSA) is 43.4 Å². The Bertz CT molecular complexity index is 583. The minimum atomic E-state index is -0.465. The molecule has 0 spiro atoms. The van der Waals surface area contributed by atoms with Crippen molar-refractivity contribution in [2.45, 2.75) is 26.4 Å². The van der Waals surface area contributed by atoms with E-state index in [0.717, 1.165) is 10.8 Å². The highest BCUT2D eigenvalue weighted by Gasteiger charge is 2.17. The first-order valence-electron chi connectivity index (χ1n) is 5.77. The summed E-state index contributed by atoms with van der Waals surface area (Å²) in [5, 5.41) is 3.86. The predicted octanol–water partition coefficient (Wildman–Crippen LogP) is 3.43. The molecule has 0 amide bonds. The van der Waals surface area contributed by atoms with Gasteiger partial charge in [0.15, 0.2) is 5.78 Å². The molecule has 0 aliphatic heterocycles. The fourth-order valence-electron chi connectivity index (χ4n) is 1.72. The van der Waals surface area contributed by atoms with Gasteiger partial charge in [0.05, 0.1) is 11.0 Å². The molecule has 0 atom stereocenters. The molecule has 0 saturated heterocycles. The Morgan fingerprint density at radius 2 is 2.00 bits per heavy atom. The lowest BCUT2D eigenvalue weighted by Gasteiger charge is -2.06. The Morgan fingerprint density at radius 1 is 1.28 bits per heavy atom. The van der Waals surface area contributed by atoms with Crippen LogP contribution in [-0.2, 0) is 9.53 Å². The lowest BCUT2D eigenvalue weighted by Crippen LogP contribution is -2.15. The lowest BCUT2D eigenvalue weighted by molar-refractivity contribution is -0.146. The van der Waals surface area contributed by atoms with E-state index in [-0.39, 0.29) is 18.3 Å². The average molecular weight is 262 g/mol. The number of carbonyl (C=O) groups is 2. The number of fused-ring (bicyclic) bond motifs is 1. The molecule has 0 aliphatic rings. The van der Waals surface area contributed by atoms with Gasteiger partial charge >= 0.3 is 5.97 Å². The molecule has 1 heterocycles. The van der Waals surface area contributed by atoms with E-state index in [1.54, 1.807) is 13.8 Å². The van der Waals surface area contributed by atoms with E-state index in [9.17, 15) is 9.59 Å². The first kappa shape index (κ1) is 12.8. The summed E-state index contributed by atoms with van der Waals surface area (Å²) in [6.07, 6.45) is -0.381. The van der Waals surface area contributed by atoms with Crippen molar-refractivity contribution in [2.24, 2.45) is 0 Å². The quantitative estimate of drug-likeness (QED) is 0.481. The highest BCUT2D eigenvalue weighted by atomic mass is 32.1. The first-order valence-corrected chi connectivity index (χ1v) is 6.65. The van der Waals surface area contributed by atoms with E-state index >= 15 is 0 Å². The van der Waals surface area contributed by atoms with Crippen molar-refractivity contribution < 1.29 is 14.3 Å². The maximum atomic E-state index is 12.0. The molecular weight excluding hydrogens is 248 g/mol. The van der Waals surface area contributed by atoms with E-state index in [2.05, 4.69) is 0 Å². The van der Waals surface area contributed by atoms with E-state index in [0.29, 0.717) is 4.88 Å². The third kappa shape index (κ3) is 2.76. The Balaban J connectivity index is 2.16. The molecule has 94 valence electrons. The summed E-state index contributed by atoms with van der Waals surface area (Å²) in [5.41, 5.74) is 0. The van der Waals surface area contributed by atoms with Crippen molar-refractivity contribution in [2.75, 3.05) is 0 Å². The van der Waals surface area contributed by atoms with Crippen molar-refractivity contribution in [1.82, 2.24) is 0 Å². The van der Waals surface area contributed by atoms with E-state index in [4.69, 9.17) is 4.74 Å². The number of benzene rings is 1. The predicted molar refractivity (Wildman–Crippen MR) is 72.0 cm³/mol. The number of Topliss-reactive ketones (excluding diaryl/α,β-unsaturated/α-hetero) is 1. The minimum absolute atomic E-state index is 0.174. The second-order valence-electron chi connectivity index (χ2n) is 4.29. The highest BCUT2D eigenvalue weighted by molar-refractivity contribution is 7.13. The van der Waals surface area contributed by atoms with Crippen LogP contribution in [0.25, 0.3) is 10.8 Å². The molecule has 4 heteroatoms. The van der Waals surface area contributed by atoms with Crippen molar-refractivity contribution in [1.29, 1.82) is 0 Å². The third-order valence-corrected chi connectivity index (χ3v) is 3.49. The number of rotatable bonds is 4. The van der Waals surface area contributed by atoms with Crippen molar-refractivity contribution in [3.05, 3.63) is 34.5 Å². The van der Waals surface area contributed by atoms with Gasteiger partial charge in [-0.1, -0.05) is 24.3 Å². The molecule has 1 aromatic heterocycles. The Hall–Kier alpha value is -1.68. The first-order chi connectivity index (χ1) is 8.58. The van der Waals surface area contributed by atoms with E-state index < -0.39 is 5.97 Å². The van der Waals surface area contributed by atoms with Crippen molar-refractivity contribution >= 4 is 33.9 Å². The van der Waals surface area contributed by atoms with Crippen LogP contribution in [0.2, 0.25) is 0 Å². The number of ether oxygens (including phenoxy) is 1. The maximum Gasteiger partial charge on any atom is 0.313 e. The standard InChI is InChI=1S/C14H14O3S/c1-9(2)17-13(16)7-12(15)14-11-6-4-3-5-10(11)8-18-14/h3-6,8-9H,7H2,1-2H3. The zero-order valence-corrected chi connectivity index (χ0v) is 11.1. The van der Waals surface area contributed by atoms with Crippen molar-refractivity contribution in [3.63, 3.8) is 0 Å². The molecule has 0 fully saturated rings. The number of esters is 1. The van der Waals surface area contributed by atoms with Crippen LogP contribution in [0.5, 0.6) is 0 Å². The molecule has 2 rings (SSSR count). The van der Waals surface area contributed by atoms with Gasteiger partial charge in [0.1, 0.15) is 6.42 Å². The molecule has 0 radical (unpaired) electrons. The number of ketones is 1. The van der Waals surface area contributed by atoms with Crippen LogP contribution in [0.15, 0.2) is 29.6 Å². The zero-order chi connectivity index (χ0) is 13.1. The second kappa shape index (κ2) is 5.31. The monoisotopic (exact) mass is 262 g/mol. The van der Waals surface area contributed by atoms with E-state index in [1.807, 2.05) is 29.6 Å². The zero-order valence-electron chi connectivity index (χ0n) is 10.3. The smallest absolute Gasteiger partial charge is 0.313 e. The second-order valence-corrected chi connectivity index (χ2v) is 5.17. The van der Waals surface area contributed by atoms with Gasteiger partial charge in [-0.25, -0.2) is 0 Å². The van der Waals surface area contributed by atoms with E-state index in [1.165, 1.54) is 11.3 Å². The summed E-state index contributed by atoms with van der Waals surface area (Å²) in [5.74, 6) is -0.640. The lowest BCUT2D eigenvalue weighted by atomic mass is 10.1. The number of hydrogen-bond acceptors (Lipinski definition) is 4. The SMILES string of the molecule is CC(C)OC(=O)CC(=O)c1scc2ccccc12. The number of carbonyl (C=O) groups excluding carboxylic acids is 2. The van der Waals surface area contributed by atoms with Crippen LogP contribution in [0.4, 0.5) is 0 Å². The van der Waals surface area contributed by atoms with Crippen LogP contribution >= 0.6 is 11.3 Å². The Labute approximate surface area is 109 Å². The molecule has 3 nitrogen and oxygen atoms in total.